The van der Waals surface area contributed by atoms with Crippen molar-refractivity contribution in [3.63, 3.8) is 0 Å². The SMILES string of the molecule is CC(C)(C)[C@H]1CC[C@@]2(C)OC(=O)N[C@H]2C1. The van der Waals surface area contributed by atoms with Crippen LogP contribution in [-0.2, 0) is 4.74 Å². The number of alkyl carbamates (subject to hydrolysis) is 1. The average molecular weight is 211 g/mol. The van der Waals surface area contributed by atoms with Crippen LogP contribution in [0.4, 0.5) is 4.79 Å². The van der Waals surface area contributed by atoms with Crippen molar-refractivity contribution in [3.05, 3.63) is 0 Å². The van der Waals surface area contributed by atoms with Crippen molar-refractivity contribution in [2.75, 3.05) is 0 Å². The molecule has 1 aliphatic carbocycles. The van der Waals surface area contributed by atoms with Crippen molar-refractivity contribution in [3.8, 4) is 0 Å². The number of nitrogens with one attached hydrogen (secondary N) is 1. The Morgan fingerprint density at radius 2 is 2.13 bits per heavy atom. The van der Waals surface area contributed by atoms with E-state index in [0.717, 1.165) is 19.3 Å². The van der Waals surface area contributed by atoms with Crippen LogP contribution in [0.5, 0.6) is 0 Å². The molecule has 2 fully saturated rings. The van der Waals surface area contributed by atoms with E-state index in [9.17, 15) is 4.79 Å². The molecule has 2 rings (SSSR count). The Morgan fingerprint density at radius 1 is 1.47 bits per heavy atom. The number of rotatable bonds is 0. The lowest BCUT2D eigenvalue weighted by molar-refractivity contribution is -0.00210. The van der Waals surface area contributed by atoms with Crippen molar-refractivity contribution in [2.24, 2.45) is 11.3 Å². The molecule has 1 amide bonds. The van der Waals surface area contributed by atoms with Gasteiger partial charge in [0.1, 0.15) is 5.60 Å². The average Bonchev–Trinajstić information content (AvgIpc) is 2.35. The van der Waals surface area contributed by atoms with Crippen molar-refractivity contribution < 1.29 is 9.53 Å². The predicted molar refractivity (Wildman–Crippen MR) is 58.6 cm³/mol. The number of ether oxygens (including phenoxy) is 1. The van der Waals surface area contributed by atoms with Crippen LogP contribution < -0.4 is 5.32 Å². The fraction of sp³-hybridized carbons (Fsp3) is 0.917. The van der Waals surface area contributed by atoms with Gasteiger partial charge in [0, 0.05) is 0 Å². The molecule has 1 saturated heterocycles. The minimum Gasteiger partial charge on any atom is -0.441 e. The molecule has 3 heteroatoms. The van der Waals surface area contributed by atoms with Crippen LogP contribution >= 0.6 is 0 Å². The van der Waals surface area contributed by atoms with E-state index < -0.39 is 0 Å². The highest BCUT2D eigenvalue weighted by Crippen LogP contribution is 2.44. The van der Waals surface area contributed by atoms with Gasteiger partial charge >= 0.3 is 6.09 Å². The molecule has 3 nitrogen and oxygen atoms in total. The number of carbonyl (C=O) groups is 1. The maximum absolute atomic E-state index is 11.2. The highest BCUT2D eigenvalue weighted by molar-refractivity contribution is 5.71. The molecular formula is C12H21NO2. The molecular weight excluding hydrogens is 190 g/mol. The van der Waals surface area contributed by atoms with Crippen LogP contribution in [0.1, 0.15) is 47.0 Å². The molecule has 1 saturated carbocycles. The summed E-state index contributed by atoms with van der Waals surface area (Å²) in [4.78, 5) is 11.2. The third-order valence-corrected chi connectivity index (χ3v) is 4.09. The van der Waals surface area contributed by atoms with Crippen molar-refractivity contribution in [1.82, 2.24) is 5.32 Å². The Balaban J connectivity index is 2.10. The second kappa shape index (κ2) is 3.13. The molecule has 0 bridgehead atoms. The first-order valence-corrected chi connectivity index (χ1v) is 5.81. The lowest BCUT2D eigenvalue weighted by Gasteiger charge is -2.42. The standard InChI is InChI=1S/C12H21NO2/c1-11(2,3)8-5-6-12(4)9(7-8)13-10(14)15-12/h8-9H,5-7H2,1-4H3,(H,13,14)/t8-,9-,12+/m0/s1. The normalized spacial score (nSPS) is 40.7. The maximum Gasteiger partial charge on any atom is 0.408 e. The summed E-state index contributed by atoms with van der Waals surface area (Å²) >= 11 is 0. The zero-order valence-electron chi connectivity index (χ0n) is 10.1. The molecule has 3 atom stereocenters. The summed E-state index contributed by atoms with van der Waals surface area (Å²) in [5.41, 5.74) is 0.0769. The number of fused-ring (bicyclic) bond motifs is 1. The number of carbonyl (C=O) groups excluding carboxylic acids is 1. The van der Waals surface area contributed by atoms with Crippen LogP contribution in [0.2, 0.25) is 0 Å². The predicted octanol–water partition coefficient (Wildman–Crippen LogP) is 2.70. The van der Waals surface area contributed by atoms with Gasteiger partial charge in [-0.25, -0.2) is 4.79 Å². The van der Waals surface area contributed by atoms with Crippen molar-refractivity contribution in [1.29, 1.82) is 0 Å². The first-order valence-electron chi connectivity index (χ1n) is 5.81. The Morgan fingerprint density at radius 3 is 2.73 bits per heavy atom. The molecule has 0 aromatic rings. The molecule has 0 radical (unpaired) electrons. The molecule has 1 aliphatic heterocycles. The van der Waals surface area contributed by atoms with Crippen LogP contribution in [-0.4, -0.2) is 17.7 Å². The van der Waals surface area contributed by atoms with Gasteiger partial charge in [0.25, 0.3) is 0 Å². The van der Waals surface area contributed by atoms with Gasteiger partial charge in [0.15, 0.2) is 0 Å². The smallest absolute Gasteiger partial charge is 0.408 e. The quantitative estimate of drug-likeness (QED) is 0.669. The highest BCUT2D eigenvalue weighted by Gasteiger charge is 2.50. The van der Waals surface area contributed by atoms with E-state index in [2.05, 4.69) is 33.0 Å². The van der Waals surface area contributed by atoms with Crippen molar-refractivity contribution >= 4 is 6.09 Å². The molecule has 0 unspecified atom stereocenters. The fourth-order valence-corrected chi connectivity index (χ4v) is 2.79. The first kappa shape index (κ1) is 10.8. The number of hydrogen-bond donors (Lipinski definition) is 1. The number of amides is 1. The third-order valence-electron chi connectivity index (χ3n) is 4.09. The summed E-state index contributed by atoms with van der Waals surface area (Å²) < 4.78 is 5.36. The summed E-state index contributed by atoms with van der Waals surface area (Å²) in [6, 6.07) is 0.211. The molecule has 1 N–H and O–H groups in total. The van der Waals surface area contributed by atoms with E-state index >= 15 is 0 Å². The van der Waals surface area contributed by atoms with E-state index in [1.54, 1.807) is 0 Å². The third kappa shape index (κ3) is 1.84. The molecule has 0 aromatic carbocycles. The van der Waals surface area contributed by atoms with Gasteiger partial charge in [-0.3, -0.25) is 0 Å². The van der Waals surface area contributed by atoms with E-state index in [4.69, 9.17) is 4.74 Å². The molecule has 1 heterocycles. The van der Waals surface area contributed by atoms with Gasteiger partial charge in [0.05, 0.1) is 6.04 Å². The van der Waals surface area contributed by atoms with Crippen LogP contribution in [0.3, 0.4) is 0 Å². The van der Waals surface area contributed by atoms with Gasteiger partial charge in [-0.15, -0.1) is 0 Å². The maximum atomic E-state index is 11.2. The van der Waals surface area contributed by atoms with Crippen LogP contribution in [0.15, 0.2) is 0 Å². The van der Waals surface area contributed by atoms with Crippen LogP contribution in [0, 0.1) is 11.3 Å². The van der Waals surface area contributed by atoms with E-state index in [-0.39, 0.29) is 17.7 Å². The zero-order valence-corrected chi connectivity index (χ0v) is 10.1. The number of hydrogen-bond acceptors (Lipinski definition) is 2. The van der Waals surface area contributed by atoms with Crippen LogP contribution in [0.25, 0.3) is 0 Å². The lowest BCUT2D eigenvalue weighted by atomic mass is 9.67. The minimum atomic E-state index is -0.251. The van der Waals surface area contributed by atoms with Crippen molar-refractivity contribution in [2.45, 2.75) is 58.6 Å². The second-order valence-corrected chi connectivity index (χ2v) is 6.24. The van der Waals surface area contributed by atoms with Gasteiger partial charge in [0.2, 0.25) is 0 Å². The van der Waals surface area contributed by atoms with E-state index in [1.165, 1.54) is 0 Å². The molecule has 0 spiro atoms. The minimum absolute atomic E-state index is 0.211. The zero-order chi connectivity index (χ0) is 11.3. The molecule has 15 heavy (non-hydrogen) atoms. The Bertz CT molecular complexity index is 282. The van der Waals surface area contributed by atoms with E-state index in [0.29, 0.717) is 11.3 Å². The second-order valence-electron chi connectivity index (χ2n) is 6.24. The highest BCUT2D eigenvalue weighted by atomic mass is 16.6. The summed E-state index contributed by atoms with van der Waals surface area (Å²) in [6.07, 6.45) is 2.95. The topological polar surface area (TPSA) is 38.3 Å². The first-order chi connectivity index (χ1) is 6.81. The van der Waals surface area contributed by atoms with Gasteiger partial charge in [-0.1, -0.05) is 20.8 Å². The van der Waals surface area contributed by atoms with E-state index in [1.807, 2.05) is 0 Å². The van der Waals surface area contributed by atoms with Gasteiger partial charge in [-0.05, 0) is 37.5 Å². The molecule has 86 valence electrons. The van der Waals surface area contributed by atoms with Gasteiger partial charge < -0.3 is 10.1 Å². The monoisotopic (exact) mass is 211 g/mol. The molecule has 2 aliphatic rings. The Kier molecular flexibility index (Phi) is 2.25. The fourth-order valence-electron chi connectivity index (χ4n) is 2.79. The molecule has 0 aromatic heterocycles. The van der Waals surface area contributed by atoms with Gasteiger partial charge in [-0.2, -0.15) is 0 Å². The summed E-state index contributed by atoms with van der Waals surface area (Å²) in [5, 5.41) is 2.94. The Labute approximate surface area is 91.6 Å². The largest absolute Gasteiger partial charge is 0.441 e. The summed E-state index contributed by atoms with van der Waals surface area (Å²) in [6.45, 7) is 8.88. The Hall–Kier alpha value is -0.730. The summed E-state index contributed by atoms with van der Waals surface area (Å²) in [5.74, 6) is 0.678. The summed E-state index contributed by atoms with van der Waals surface area (Å²) in [7, 11) is 0. The lowest BCUT2D eigenvalue weighted by Crippen LogP contribution is -2.48.